The van der Waals surface area contributed by atoms with E-state index in [2.05, 4.69) is 10.6 Å². The van der Waals surface area contributed by atoms with Crippen LogP contribution in [-0.2, 0) is 4.79 Å². The van der Waals surface area contributed by atoms with E-state index in [-0.39, 0.29) is 24.0 Å². The molecule has 80 valence electrons. The molecule has 0 rings (SSSR count). The summed E-state index contributed by atoms with van der Waals surface area (Å²) in [4.78, 5) is 11.3. The maximum Gasteiger partial charge on any atom is 0.234 e. The molecule has 1 atom stereocenters. The first-order valence-corrected chi connectivity index (χ1v) is 4.76. The Kier molecular flexibility index (Phi) is 5.18. The first-order chi connectivity index (χ1) is 6.35. The molecule has 0 aromatic heterocycles. The lowest BCUT2D eigenvalue weighted by molar-refractivity contribution is -0.121. The molecule has 4 heteroatoms. The quantitative estimate of drug-likeness (QED) is 0.700. The van der Waals surface area contributed by atoms with Crippen molar-refractivity contribution in [3.8, 4) is 6.07 Å². The second-order valence-electron chi connectivity index (χ2n) is 4.44. The lowest BCUT2D eigenvalue weighted by Crippen LogP contribution is -2.46. The highest BCUT2D eigenvalue weighted by molar-refractivity contribution is 5.78. The van der Waals surface area contributed by atoms with Crippen LogP contribution in [0.15, 0.2) is 0 Å². The van der Waals surface area contributed by atoms with Gasteiger partial charge in [0, 0.05) is 11.6 Å². The van der Waals surface area contributed by atoms with Gasteiger partial charge < -0.3 is 10.6 Å². The molecule has 2 N–H and O–H groups in total. The van der Waals surface area contributed by atoms with Gasteiger partial charge in [-0.1, -0.05) is 0 Å². The molecule has 0 aromatic rings. The van der Waals surface area contributed by atoms with Crippen LogP contribution in [-0.4, -0.2) is 24.0 Å². The number of nitrogens with zero attached hydrogens (tertiary/aromatic N) is 1. The fourth-order valence-corrected chi connectivity index (χ4v) is 0.938. The van der Waals surface area contributed by atoms with E-state index in [1.807, 2.05) is 33.8 Å². The molecule has 1 unspecified atom stereocenters. The summed E-state index contributed by atoms with van der Waals surface area (Å²) in [7, 11) is 0. The second kappa shape index (κ2) is 5.61. The van der Waals surface area contributed by atoms with Gasteiger partial charge in [-0.05, 0) is 27.7 Å². The van der Waals surface area contributed by atoms with Crippen molar-refractivity contribution in [2.45, 2.75) is 45.7 Å². The largest absolute Gasteiger partial charge is 0.350 e. The molecule has 14 heavy (non-hydrogen) atoms. The Hall–Kier alpha value is -1.08. The molecule has 0 radical (unpaired) electrons. The molecule has 0 fully saturated rings. The number of hydrogen-bond donors (Lipinski definition) is 2. The summed E-state index contributed by atoms with van der Waals surface area (Å²) in [5, 5.41) is 14.2. The van der Waals surface area contributed by atoms with Gasteiger partial charge in [-0.15, -0.1) is 0 Å². The van der Waals surface area contributed by atoms with Gasteiger partial charge in [-0.25, -0.2) is 0 Å². The number of carbonyl (C=O) groups excluding carboxylic acids is 1. The molecular weight excluding hydrogens is 178 g/mol. The van der Waals surface area contributed by atoms with Crippen LogP contribution in [0.5, 0.6) is 0 Å². The Morgan fingerprint density at radius 2 is 2.07 bits per heavy atom. The third-order valence-electron chi connectivity index (χ3n) is 1.52. The molecule has 0 aliphatic heterocycles. The molecule has 4 nitrogen and oxygen atoms in total. The van der Waals surface area contributed by atoms with Crippen molar-refractivity contribution in [1.29, 1.82) is 5.26 Å². The molecule has 0 saturated heterocycles. The first kappa shape index (κ1) is 12.9. The van der Waals surface area contributed by atoms with Crippen LogP contribution < -0.4 is 10.6 Å². The predicted octanol–water partition coefficient (Wildman–Crippen LogP) is 0.793. The molecule has 0 saturated carbocycles. The highest BCUT2D eigenvalue weighted by atomic mass is 16.2. The standard InChI is InChI=1S/C10H19N3O/c1-8(5-6-11)12-7-9(14)13-10(2,3)4/h8,12H,5,7H2,1-4H3,(H,13,14). The lowest BCUT2D eigenvalue weighted by Gasteiger charge is -2.21. The van der Waals surface area contributed by atoms with E-state index in [0.29, 0.717) is 6.42 Å². The number of nitriles is 1. The Balaban J connectivity index is 3.71. The van der Waals surface area contributed by atoms with E-state index < -0.39 is 0 Å². The summed E-state index contributed by atoms with van der Waals surface area (Å²) in [6.45, 7) is 7.95. The van der Waals surface area contributed by atoms with E-state index in [9.17, 15) is 4.79 Å². The molecule has 0 aromatic carbocycles. The molecular formula is C10H19N3O. The van der Waals surface area contributed by atoms with Gasteiger partial charge >= 0.3 is 0 Å². The summed E-state index contributed by atoms with van der Waals surface area (Å²) in [6, 6.07) is 2.11. The maximum atomic E-state index is 11.3. The third-order valence-corrected chi connectivity index (χ3v) is 1.52. The number of hydrogen-bond acceptors (Lipinski definition) is 3. The van der Waals surface area contributed by atoms with Crippen molar-refractivity contribution in [2.75, 3.05) is 6.54 Å². The van der Waals surface area contributed by atoms with E-state index in [1.54, 1.807) is 0 Å². The average molecular weight is 197 g/mol. The van der Waals surface area contributed by atoms with Crippen molar-refractivity contribution in [3.05, 3.63) is 0 Å². The van der Waals surface area contributed by atoms with Crippen LogP contribution in [0.3, 0.4) is 0 Å². The Morgan fingerprint density at radius 3 is 2.50 bits per heavy atom. The second-order valence-corrected chi connectivity index (χ2v) is 4.44. The minimum Gasteiger partial charge on any atom is -0.350 e. The first-order valence-electron chi connectivity index (χ1n) is 4.76. The van der Waals surface area contributed by atoms with Crippen molar-refractivity contribution < 1.29 is 4.79 Å². The van der Waals surface area contributed by atoms with Crippen molar-refractivity contribution in [3.63, 3.8) is 0 Å². The van der Waals surface area contributed by atoms with Crippen LogP contribution in [0.4, 0.5) is 0 Å². The Morgan fingerprint density at radius 1 is 1.50 bits per heavy atom. The zero-order valence-corrected chi connectivity index (χ0v) is 9.35. The molecule has 0 aliphatic carbocycles. The highest BCUT2D eigenvalue weighted by Crippen LogP contribution is 1.97. The predicted molar refractivity (Wildman–Crippen MR) is 55.6 cm³/mol. The van der Waals surface area contributed by atoms with Crippen molar-refractivity contribution >= 4 is 5.91 Å². The minimum absolute atomic E-state index is 0.0395. The van der Waals surface area contributed by atoms with Crippen LogP contribution >= 0.6 is 0 Å². The maximum absolute atomic E-state index is 11.3. The van der Waals surface area contributed by atoms with Gasteiger partial charge in [0.1, 0.15) is 0 Å². The average Bonchev–Trinajstić information content (AvgIpc) is 1.98. The van der Waals surface area contributed by atoms with Gasteiger partial charge in [0.2, 0.25) is 5.91 Å². The summed E-state index contributed by atoms with van der Waals surface area (Å²) in [5.41, 5.74) is -0.197. The van der Waals surface area contributed by atoms with Gasteiger partial charge in [0.15, 0.2) is 0 Å². The molecule has 0 spiro atoms. The van der Waals surface area contributed by atoms with Crippen LogP contribution in [0.2, 0.25) is 0 Å². The molecule has 0 bridgehead atoms. The van der Waals surface area contributed by atoms with E-state index in [0.717, 1.165) is 0 Å². The number of amides is 1. The van der Waals surface area contributed by atoms with E-state index >= 15 is 0 Å². The monoisotopic (exact) mass is 197 g/mol. The van der Waals surface area contributed by atoms with Gasteiger partial charge in [-0.3, -0.25) is 4.79 Å². The van der Waals surface area contributed by atoms with Gasteiger partial charge in [0.05, 0.1) is 19.0 Å². The molecule has 0 heterocycles. The topological polar surface area (TPSA) is 64.9 Å². The fraction of sp³-hybridized carbons (Fsp3) is 0.800. The summed E-state index contributed by atoms with van der Waals surface area (Å²) < 4.78 is 0. The van der Waals surface area contributed by atoms with Crippen LogP contribution in [0.25, 0.3) is 0 Å². The Labute approximate surface area is 85.7 Å². The summed E-state index contributed by atoms with van der Waals surface area (Å²) in [6.07, 6.45) is 0.419. The zero-order chi connectivity index (χ0) is 11.2. The SMILES string of the molecule is CC(CC#N)NCC(=O)NC(C)(C)C. The lowest BCUT2D eigenvalue weighted by atomic mass is 10.1. The highest BCUT2D eigenvalue weighted by Gasteiger charge is 2.13. The zero-order valence-electron chi connectivity index (χ0n) is 9.35. The molecule has 1 amide bonds. The van der Waals surface area contributed by atoms with Crippen molar-refractivity contribution in [2.24, 2.45) is 0 Å². The summed E-state index contributed by atoms with van der Waals surface area (Å²) >= 11 is 0. The molecule has 0 aliphatic rings. The number of carbonyl (C=O) groups is 1. The van der Waals surface area contributed by atoms with Gasteiger partial charge in [-0.2, -0.15) is 5.26 Å². The Bertz CT molecular complexity index is 225. The minimum atomic E-state index is -0.197. The van der Waals surface area contributed by atoms with Crippen molar-refractivity contribution in [1.82, 2.24) is 10.6 Å². The van der Waals surface area contributed by atoms with E-state index in [4.69, 9.17) is 5.26 Å². The van der Waals surface area contributed by atoms with E-state index in [1.165, 1.54) is 0 Å². The summed E-state index contributed by atoms with van der Waals surface area (Å²) in [5.74, 6) is -0.0395. The number of nitrogens with one attached hydrogen (secondary N) is 2. The number of rotatable bonds is 4. The van der Waals surface area contributed by atoms with Crippen LogP contribution in [0, 0.1) is 11.3 Å². The normalized spacial score (nSPS) is 13.1. The smallest absolute Gasteiger partial charge is 0.234 e. The van der Waals surface area contributed by atoms with Gasteiger partial charge in [0.25, 0.3) is 0 Å². The third kappa shape index (κ3) is 7.56. The fourth-order valence-electron chi connectivity index (χ4n) is 0.938. The van der Waals surface area contributed by atoms with Crippen LogP contribution in [0.1, 0.15) is 34.1 Å².